The Balaban J connectivity index is 1.74. The first-order valence-electron chi connectivity index (χ1n) is 8.18. The molecule has 6 heteroatoms. The number of fused-ring (bicyclic) bond motifs is 1. The Kier molecular flexibility index (Phi) is 5.02. The summed E-state index contributed by atoms with van der Waals surface area (Å²) in [5, 5.41) is 0.779. The first kappa shape index (κ1) is 17.7. The van der Waals surface area contributed by atoms with Crippen LogP contribution in [-0.2, 0) is 11.2 Å². The molecule has 0 saturated carbocycles. The van der Waals surface area contributed by atoms with Gasteiger partial charge in [-0.25, -0.2) is 9.18 Å². The molecule has 0 aliphatic rings. The average molecular weight is 355 g/mol. The highest BCUT2D eigenvalue weighted by Crippen LogP contribution is 2.23. The zero-order chi connectivity index (χ0) is 18.7. The third-order valence-corrected chi connectivity index (χ3v) is 4.21. The number of nitrogens with one attached hydrogen (secondary N) is 1. The van der Waals surface area contributed by atoms with E-state index < -0.39 is 18.4 Å². The molecular weight excluding hydrogens is 337 g/mol. The molecule has 1 heterocycles. The highest BCUT2D eigenvalue weighted by Gasteiger charge is 2.18. The number of aromatic amines is 1. The van der Waals surface area contributed by atoms with Crippen molar-refractivity contribution in [3.05, 3.63) is 65.1 Å². The van der Waals surface area contributed by atoms with Crippen LogP contribution in [-0.4, -0.2) is 30.5 Å². The summed E-state index contributed by atoms with van der Waals surface area (Å²) in [4.78, 5) is 27.6. The van der Waals surface area contributed by atoms with Gasteiger partial charge in [0.2, 0.25) is 5.78 Å². The predicted molar refractivity (Wildman–Crippen MR) is 95.2 cm³/mol. The molecule has 0 saturated heterocycles. The fraction of sp³-hybridized carbons (Fsp3) is 0.200. The number of benzene rings is 2. The molecule has 3 rings (SSSR count). The van der Waals surface area contributed by atoms with Gasteiger partial charge < -0.3 is 14.5 Å². The number of Topliss-reactive ketones (excluding diaryl/α,β-unsaturated/α-hetero) is 1. The molecule has 1 aromatic heterocycles. The number of H-pyrrole nitrogens is 1. The Morgan fingerprint density at radius 2 is 1.96 bits per heavy atom. The highest BCUT2D eigenvalue weighted by atomic mass is 19.1. The summed E-state index contributed by atoms with van der Waals surface area (Å²) in [6.45, 7) is 1.57. The summed E-state index contributed by atoms with van der Waals surface area (Å²) < 4.78 is 23.8. The number of rotatable bonds is 6. The van der Waals surface area contributed by atoms with E-state index in [0.29, 0.717) is 11.3 Å². The summed E-state index contributed by atoms with van der Waals surface area (Å²) in [5.41, 5.74) is 2.19. The van der Waals surface area contributed by atoms with E-state index in [1.807, 2.05) is 25.1 Å². The number of ketones is 1. The van der Waals surface area contributed by atoms with Crippen LogP contribution in [0.3, 0.4) is 0 Å². The SMILES string of the molecule is CCc1cccc2c(C(=O)COC(=O)c3ccc(OC)cc3F)c[nH]c12. The normalized spacial score (nSPS) is 10.7. The van der Waals surface area contributed by atoms with Gasteiger partial charge in [0.15, 0.2) is 6.61 Å². The lowest BCUT2D eigenvalue weighted by Crippen LogP contribution is -2.15. The van der Waals surface area contributed by atoms with Crippen molar-refractivity contribution in [2.45, 2.75) is 13.3 Å². The predicted octanol–water partition coefficient (Wildman–Crippen LogP) is 3.92. The summed E-state index contributed by atoms with van der Waals surface area (Å²) in [6, 6.07) is 9.51. The zero-order valence-corrected chi connectivity index (χ0v) is 14.5. The third kappa shape index (κ3) is 3.31. The fourth-order valence-electron chi connectivity index (χ4n) is 2.82. The highest BCUT2D eigenvalue weighted by molar-refractivity contribution is 6.09. The van der Waals surface area contributed by atoms with Crippen molar-refractivity contribution in [3.63, 3.8) is 0 Å². The van der Waals surface area contributed by atoms with Gasteiger partial charge in [-0.15, -0.1) is 0 Å². The Morgan fingerprint density at radius 1 is 1.15 bits per heavy atom. The molecule has 134 valence electrons. The number of methoxy groups -OCH3 is 1. The van der Waals surface area contributed by atoms with E-state index in [0.717, 1.165) is 29.0 Å². The number of aromatic nitrogens is 1. The quantitative estimate of drug-likeness (QED) is 0.538. The second-order valence-corrected chi connectivity index (χ2v) is 5.74. The molecule has 0 spiro atoms. The van der Waals surface area contributed by atoms with Gasteiger partial charge in [-0.2, -0.15) is 0 Å². The van der Waals surface area contributed by atoms with E-state index in [-0.39, 0.29) is 11.3 Å². The number of esters is 1. The summed E-state index contributed by atoms with van der Waals surface area (Å²) >= 11 is 0. The van der Waals surface area contributed by atoms with Crippen LogP contribution < -0.4 is 4.74 Å². The van der Waals surface area contributed by atoms with Crippen LogP contribution in [0.25, 0.3) is 10.9 Å². The molecule has 0 bridgehead atoms. The maximum absolute atomic E-state index is 13.9. The van der Waals surface area contributed by atoms with Crippen molar-refractivity contribution in [2.75, 3.05) is 13.7 Å². The Morgan fingerprint density at radius 3 is 2.65 bits per heavy atom. The molecule has 0 unspecified atom stereocenters. The van der Waals surface area contributed by atoms with Crippen LogP contribution in [0.4, 0.5) is 4.39 Å². The fourth-order valence-corrected chi connectivity index (χ4v) is 2.82. The molecule has 0 atom stereocenters. The molecule has 0 amide bonds. The monoisotopic (exact) mass is 355 g/mol. The molecule has 0 aliphatic carbocycles. The number of halogens is 1. The Labute approximate surface area is 149 Å². The lowest BCUT2D eigenvalue weighted by atomic mass is 10.1. The Bertz CT molecular complexity index is 977. The lowest BCUT2D eigenvalue weighted by Gasteiger charge is -2.06. The summed E-state index contributed by atoms with van der Waals surface area (Å²) in [6.07, 6.45) is 2.44. The van der Waals surface area contributed by atoms with Crippen molar-refractivity contribution >= 4 is 22.7 Å². The van der Waals surface area contributed by atoms with Gasteiger partial charge in [0, 0.05) is 28.7 Å². The molecule has 2 aromatic carbocycles. The van der Waals surface area contributed by atoms with Crippen LogP contribution in [0.15, 0.2) is 42.6 Å². The van der Waals surface area contributed by atoms with E-state index >= 15 is 0 Å². The molecule has 5 nitrogen and oxygen atoms in total. The number of hydrogen-bond donors (Lipinski definition) is 1. The smallest absolute Gasteiger partial charge is 0.341 e. The molecule has 0 aliphatic heterocycles. The molecular formula is C20H18FNO4. The van der Waals surface area contributed by atoms with Crippen LogP contribution in [0.2, 0.25) is 0 Å². The molecule has 1 N–H and O–H groups in total. The first-order chi connectivity index (χ1) is 12.5. The standard InChI is InChI=1S/C20H18FNO4/c1-3-12-5-4-6-14-16(10-22-19(12)14)18(23)11-26-20(24)15-8-7-13(25-2)9-17(15)21/h4-10,22H,3,11H2,1-2H3. The van der Waals surface area contributed by atoms with E-state index in [4.69, 9.17) is 9.47 Å². The maximum atomic E-state index is 13.9. The van der Waals surface area contributed by atoms with Gasteiger partial charge in [-0.1, -0.05) is 25.1 Å². The van der Waals surface area contributed by atoms with Gasteiger partial charge >= 0.3 is 5.97 Å². The molecule has 0 fully saturated rings. The van der Waals surface area contributed by atoms with E-state index in [2.05, 4.69) is 4.98 Å². The van der Waals surface area contributed by atoms with E-state index in [1.54, 1.807) is 6.20 Å². The van der Waals surface area contributed by atoms with Crippen molar-refractivity contribution < 1.29 is 23.5 Å². The topological polar surface area (TPSA) is 68.4 Å². The van der Waals surface area contributed by atoms with Crippen LogP contribution in [0.1, 0.15) is 33.2 Å². The average Bonchev–Trinajstić information content (AvgIpc) is 3.09. The number of para-hydroxylation sites is 1. The van der Waals surface area contributed by atoms with Gasteiger partial charge in [0.25, 0.3) is 0 Å². The molecule has 0 radical (unpaired) electrons. The summed E-state index contributed by atoms with van der Waals surface area (Å²) in [7, 11) is 1.40. The number of aryl methyl sites for hydroxylation is 1. The van der Waals surface area contributed by atoms with Gasteiger partial charge in [0.1, 0.15) is 11.6 Å². The van der Waals surface area contributed by atoms with Gasteiger partial charge in [-0.05, 0) is 24.1 Å². The van der Waals surface area contributed by atoms with Crippen molar-refractivity contribution in [1.29, 1.82) is 0 Å². The third-order valence-electron chi connectivity index (χ3n) is 4.21. The second-order valence-electron chi connectivity index (χ2n) is 5.74. The molecule has 3 aromatic rings. The Hall–Kier alpha value is -3.15. The maximum Gasteiger partial charge on any atom is 0.341 e. The van der Waals surface area contributed by atoms with Crippen LogP contribution in [0.5, 0.6) is 5.75 Å². The minimum absolute atomic E-state index is 0.245. The van der Waals surface area contributed by atoms with Crippen molar-refractivity contribution in [3.8, 4) is 5.75 Å². The number of carbonyl (C=O) groups is 2. The zero-order valence-electron chi connectivity index (χ0n) is 14.5. The largest absolute Gasteiger partial charge is 0.497 e. The van der Waals surface area contributed by atoms with Crippen molar-refractivity contribution in [2.24, 2.45) is 0 Å². The summed E-state index contributed by atoms with van der Waals surface area (Å²) in [5.74, 6) is -1.72. The number of hydrogen-bond acceptors (Lipinski definition) is 4. The van der Waals surface area contributed by atoms with E-state index in [1.165, 1.54) is 19.2 Å². The van der Waals surface area contributed by atoms with Crippen LogP contribution in [0, 0.1) is 5.82 Å². The van der Waals surface area contributed by atoms with Gasteiger partial charge in [-0.3, -0.25) is 4.79 Å². The lowest BCUT2D eigenvalue weighted by molar-refractivity contribution is 0.0470. The second kappa shape index (κ2) is 7.39. The van der Waals surface area contributed by atoms with Crippen LogP contribution >= 0.6 is 0 Å². The minimum Gasteiger partial charge on any atom is -0.497 e. The van der Waals surface area contributed by atoms with Crippen molar-refractivity contribution in [1.82, 2.24) is 4.98 Å². The number of carbonyl (C=O) groups excluding carboxylic acids is 2. The minimum atomic E-state index is -0.896. The van der Waals surface area contributed by atoms with Gasteiger partial charge in [0.05, 0.1) is 12.7 Å². The molecule has 26 heavy (non-hydrogen) atoms. The van der Waals surface area contributed by atoms with E-state index in [9.17, 15) is 14.0 Å². The number of ether oxygens (including phenoxy) is 2. The first-order valence-corrected chi connectivity index (χ1v) is 8.18.